The SMILES string of the molecule is CCCCOc1ccc(CN2C(=O)C(=O)c3cc(C)ccc32)cc1. The minimum atomic E-state index is -0.459. The van der Waals surface area contributed by atoms with E-state index in [4.69, 9.17) is 4.74 Å². The van der Waals surface area contributed by atoms with E-state index in [0.29, 0.717) is 24.4 Å². The molecule has 0 spiro atoms. The van der Waals surface area contributed by atoms with Crippen LogP contribution in [0, 0.1) is 6.92 Å². The summed E-state index contributed by atoms with van der Waals surface area (Å²) in [5, 5.41) is 0. The van der Waals surface area contributed by atoms with Gasteiger partial charge in [0.05, 0.1) is 24.4 Å². The van der Waals surface area contributed by atoms with Crippen molar-refractivity contribution in [3.05, 3.63) is 59.2 Å². The summed E-state index contributed by atoms with van der Waals surface area (Å²) in [4.78, 5) is 26.0. The number of fused-ring (bicyclic) bond motifs is 1. The molecule has 0 aromatic heterocycles. The quantitative estimate of drug-likeness (QED) is 0.598. The Balaban J connectivity index is 1.75. The average molecular weight is 323 g/mol. The highest BCUT2D eigenvalue weighted by Crippen LogP contribution is 2.31. The van der Waals surface area contributed by atoms with Crippen molar-refractivity contribution < 1.29 is 14.3 Å². The van der Waals surface area contributed by atoms with E-state index in [1.165, 1.54) is 0 Å². The van der Waals surface area contributed by atoms with Gasteiger partial charge in [0.25, 0.3) is 11.7 Å². The molecule has 1 heterocycles. The number of carbonyl (C=O) groups excluding carboxylic acids is 2. The third-order valence-electron chi connectivity index (χ3n) is 4.16. The molecule has 1 amide bonds. The maximum atomic E-state index is 12.3. The average Bonchev–Trinajstić information content (AvgIpc) is 2.81. The Morgan fingerprint density at radius 3 is 2.50 bits per heavy atom. The number of amides is 1. The molecular formula is C20H21NO3. The summed E-state index contributed by atoms with van der Waals surface area (Å²) in [6.45, 7) is 5.13. The van der Waals surface area contributed by atoms with Gasteiger partial charge in [0.2, 0.25) is 0 Å². The van der Waals surface area contributed by atoms with Crippen LogP contribution in [-0.4, -0.2) is 18.3 Å². The number of ketones is 1. The molecule has 0 fully saturated rings. The summed E-state index contributed by atoms with van der Waals surface area (Å²) in [7, 11) is 0. The van der Waals surface area contributed by atoms with Gasteiger partial charge in [-0.15, -0.1) is 0 Å². The lowest BCUT2D eigenvalue weighted by atomic mass is 10.1. The van der Waals surface area contributed by atoms with Crippen molar-refractivity contribution in [3.8, 4) is 5.75 Å². The fourth-order valence-electron chi connectivity index (χ4n) is 2.78. The standard InChI is InChI=1S/C20H21NO3/c1-3-4-11-24-16-8-6-15(7-9-16)13-21-18-10-5-14(2)12-17(18)19(22)20(21)23/h5-10,12H,3-4,11,13H2,1-2H3. The van der Waals surface area contributed by atoms with E-state index in [-0.39, 0.29) is 0 Å². The molecule has 4 heteroatoms. The molecule has 0 aliphatic carbocycles. The first-order valence-corrected chi connectivity index (χ1v) is 8.28. The first-order valence-electron chi connectivity index (χ1n) is 8.28. The molecule has 24 heavy (non-hydrogen) atoms. The molecule has 0 N–H and O–H groups in total. The predicted molar refractivity (Wildman–Crippen MR) is 93.5 cm³/mol. The second-order valence-electron chi connectivity index (χ2n) is 6.09. The maximum Gasteiger partial charge on any atom is 0.299 e. The first kappa shape index (κ1) is 16.2. The second kappa shape index (κ2) is 6.87. The molecule has 0 bridgehead atoms. The van der Waals surface area contributed by atoms with Crippen molar-refractivity contribution in [2.45, 2.75) is 33.2 Å². The normalized spacial score (nSPS) is 13.3. The van der Waals surface area contributed by atoms with Crippen LogP contribution in [0.25, 0.3) is 0 Å². The number of carbonyl (C=O) groups is 2. The van der Waals surface area contributed by atoms with E-state index in [9.17, 15) is 9.59 Å². The summed E-state index contributed by atoms with van der Waals surface area (Å²) < 4.78 is 5.64. The molecule has 0 saturated carbocycles. The second-order valence-corrected chi connectivity index (χ2v) is 6.09. The van der Waals surface area contributed by atoms with Crippen LogP contribution >= 0.6 is 0 Å². The third kappa shape index (κ3) is 3.18. The number of nitrogens with zero attached hydrogens (tertiary/aromatic N) is 1. The zero-order valence-corrected chi connectivity index (χ0v) is 14.0. The van der Waals surface area contributed by atoms with Crippen molar-refractivity contribution in [2.75, 3.05) is 11.5 Å². The molecule has 0 atom stereocenters. The number of hydrogen-bond acceptors (Lipinski definition) is 3. The molecule has 4 nitrogen and oxygen atoms in total. The molecule has 3 rings (SSSR count). The molecule has 2 aromatic rings. The topological polar surface area (TPSA) is 46.6 Å². The van der Waals surface area contributed by atoms with E-state index >= 15 is 0 Å². The van der Waals surface area contributed by atoms with Gasteiger partial charge in [-0.3, -0.25) is 9.59 Å². The van der Waals surface area contributed by atoms with Crippen LogP contribution < -0.4 is 9.64 Å². The lowest BCUT2D eigenvalue weighted by Crippen LogP contribution is -2.29. The zero-order chi connectivity index (χ0) is 17.1. The van der Waals surface area contributed by atoms with Gasteiger partial charge < -0.3 is 9.64 Å². The van der Waals surface area contributed by atoms with Gasteiger partial charge in [0.15, 0.2) is 0 Å². The van der Waals surface area contributed by atoms with Crippen molar-refractivity contribution in [1.82, 2.24) is 0 Å². The number of ether oxygens (including phenoxy) is 1. The van der Waals surface area contributed by atoms with Gasteiger partial charge in [-0.2, -0.15) is 0 Å². The Kier molecular flexibility index (Phi) is 4.65. The number of unbranched alkanes of at least 4 members (excludes halogenated alkanes) is 1. The molecule has 0 saturated heterocycles. The minimum Gasteiger partial charge on any atom is -0.494 e. The van der Waals surface area contributed by atoms with Gasteiger partial charge in [-0.05, 0) is 43.2 Å². The van der Waals surface area contributed by atoms with E-state index in [2.05, 4.69) is 6.92 Å². The lowest BCUT2D eigenvalue weighted by molar-refractivity contribution is -0.114. The monoisotopic (exact) mass is 323 g/mol. The van der Waals surface area contributed by atoms with Gasteiger partial charge in [-0.25, -0.2) is 0 Å². The minimum absolute atomic E-state index is 0.385. The van der Waals surface area contributed by atoms with Gasteiger partial charge in [-0.1, -0.05) is 37.1 Å². The van der Waals surface area contributed by atoms with E-state index < -0.39 is 11.7 Å². The predicted octanol–water partition coefficient (Wildman–Crippen LogP) is 3.90. The highest BCUT2D eigenvalue weighted by Gasteiger charge is 2.35. The Hall–Kier alpha value is -2.62. The van der Waals surface area contributed by atoms with Gasteiger partial charge in [0, 0.05) is 0 Å². The Morgan fingerprint density at radius 1 is 1.04 bits per heavy atom. The third-order valence-corrected chi connectivity index (χ3v) is 4.16. The van der Waals surface area contributed by atoms with Crippen LogP contribution in [0.1, 0.15) is 41.3 Å². The molecule has 1 aliphatic rings. The van der Waals surface area contributed by atoms with Crippen LogP contribution in [0.4, 0.5) is 5.69 Å². The lowest BCUT2D eigenvalue weighted by Gasteiger charge is -2.17. The number of hydrogen-bond donors (Lipinski definition) is 0. The molecule has 124 valence electrons. The van der Waals surface area contributed by atoms with Gasteiger partial charge in [0.1, 0.15) is 5.75 Å². The number of aryl methyl sites for hydroxylation is 1. The largest absolute Gasteiger partial charge is 0.494 e. The first-order chi connectivity index (χ1) is 11.6. The zero-order valence-electron chi connectivity index (χ0n) is 14.0. The highest BCUT2D eigenvalue weighted by molar-refractivity contribution is 6.52. The Morgan fingerprint density at radius 2 is 1.79 bits per heavy atom. The summed E-state index contributed by atoms with van der Waals surface area (Å²) in [5.41, 5.74) is 3.14. The van der Waals surface area contributed by atoms with Crippen molar-refractivity contribution >= 4 is 17.4 Å². The smallest absolute Gasteiger partial charge is 0.299 e. The molecule has 0 unspecified atom stereocenters. The molecule has 1 aliphatic heterocycles. The highest BCUT2D eigenvalue weighted by atomic mass is 16.5. The Labute approximate surface area is 142 Å². The van der Waals surface area contributed by atoms with E-state index in [1.54, 1.807) is 11.0 Å². The van der Waals surface area contributed by atoms with Crippen LogP contribution in [0.5, 0.6) is 5.75 Å². The van der Waals surface area contributed by atoms with E-state index in [1.807, 2.05) is 43.3 Å². The van der Waals surface area contributed by atoms with E-state index in [0.717, 1.165) is 29.7 Å². The molecule has 0 radical (unpaired) electrons. The number of anilines is 1. The van der Waals surface area contributed by atoms with Crippen LogP contribution in [0.3, 0.4) is 0 Å². The summed E-state index contributed by atoms with van der Waals surface area (Å²) in [5.74, 6) is -0.0564. The maximum absolute atomic E-state index is 12.3. The Bertz CT molecular complexity index is 765. The fraction of sp³-hybridized carbons (Fsp3) is 0.300. The van der Waals surface area contributed by atoms with Crippen molar-refractivity contribution in [3.63, 3.8) is 0 Å². The number of rotatable bonds is 6. The molecule has 2 aromatic carbocycles. The molecular weight excluding hydrogens is 302 g/mol. The fourth-order valence-corrected chi connectivity index (χ4v) is 2.78. The van der Waals surface area contributed by atoms with Crippen LogP contribution in [0.15, 0.2) is 42.5 Å². The van der Waals surface area contributed by atoms with Crippen molar-refractivity contribution in [2.24, 2.45) is 0 Å². The van der Waals surface area contributed by atoms with Crippen molar-refractivity contribution in [1.29, 1.82) is 0 Å². The van der Waals surface area contributed by atoms with Crippen LogP contribution in [-0.2, 0) is 11.3 Å². The summed E-state index contributed by atoms with van der Waals surface area (Å²) >= 11 is 0. The van der Waals surface area contributed by atoms with Gasteiger partial charge >= 0.3 is 0 Å². The van der Waals surface area contributed by atoms with Crippen LogP contribution in [0.2, 0.25) is 0 Å². The summed E-state index contributed by atoms with van der Waals surface area (Å²) in [6, 6.07) is 13.2. The number of benzene rings is 2. The summed E-state index contributed by atoms with van der Waals surface area (Å²) in [6.07, 6.45) is 2.13. The number of Topliss-reactive ketones (excluding diaryl/α,β-unsaturated/α-hetero) is 1.